The molecule has 9 heteroatoms. The molecule has 150 valence electrons. The summed E-state index contributed by atoms with van der Waals surface area (Å²) in [5, 5.41) is 9.40. The maximum Gasteiger partial charge on any atom is 0.284 e. The first-order chi connectivity index (χ1) is 14.5. The molecule has 0 atom stereocenters. The monoisotopic (exact) mass is 418 g/mol. The van der Waals surface area contributed by atoms with Crippen molar-refractivity contribution in [2.45, 2.75) is 0 Å². The van der Waals surface area contributed by atoms with Gasteiger partial charge < -0.3 is 16.2 Å². The molecule has 0 unspecified atom stereocenters. The number of hydrogen-bond acceptors (Lipinski definition) is 6. The van der Waals surface area contributed by atoms with Gasteiger partial charge in [0.15, 0.2) is 10.9 Å². The second-order valence-corrected chi connectivity index (χ2v) is 6.85. The van der Waals surface area contributed by atoms with Gasteiger partial charge in [-0.05, 0) is 60.8 Å². The number of aromatic nitrogens is 2. The van der Waals surface area contributed by atoms with E-state index in [-0.39, 0.29) is 16.5 Å². The van der Waals surface area contributed by atoms with Crippen LogP contribution in [0.2, 0.25) is 0 Å². The highest BCUT2D eigenvalue weighted by Crippen LogP contribution is 2.26. The van der Waals surface area contributed by atoms with Crippen molar-refractivity contribution >= 4 is 35.1 Å². The largest absolute Gasteiger partial charge is 0.497 e. The molecule has 1 aliphatic rings. The summed E-state index contributed by atoms with van der Waals surface area (Å²) in [6.07, 6.45) is 1.63. The van der Waals surface area contributed by atoms with Crippen LogP contribution in [0.5, 0.6) is 5.75 Å². The van der Waals surface area contributed by atoms with Crippen LogP contribution in [-0.2, 0) is 4.79 Å². The second-order valence-electron chi connectivity index (χ2n) is 6.43. The van der Waals surface area contributed by atoms with Gasteiger partial charge in [-0.3, -0.25) is 4.79 Å². The highest BCUT2D eigenvalue weighted by Gasteiger charge is 2.30. The molecular formula is C21H18N6O2S. The zero-order chi connectivity index (χ0) is 21.3. The zero-order valence-corrected chi connectivity index (χ0v) is 16.8. The number of benzene rings is 2. The highest BCUT2D eigenvalue weighted by atomic mass is 32.1. The van der Waals surface area contributed by atoms with E-state index in [0.29, 0.717) is 5.69 Å². The minimum absolute atomic E-state index is 0.0413. The van der Waals surface area contributed by atoms with E-state index in [4.69, 9.17) is 33.5 Å². The van der Waals surface area contributed by atoms with E-state index in [2.05, 4.69) is 5.10 Å². The number of amidine groups is 1. The van der Waals surface area contributed by atoms with Crippen molar-refractivity contribution in [1.29, 1.82) is 0 Å². The number of hydrogen-bond donors (Lipinski definition) is 2. The Labute approximate surface area is 178 Å². The van der Waals surface area contributed by atoms with Gasteiger partial charge in [0.25, 0.3) is 5.91 Å². The molecule has 4 N–H and O–H groups in total. The molecule has 2 aromatic carbocycles. The molecule has 3 aromatic rings. The van der Waals surface area contributed by atoms with Gasteiger partial charge in [0.1, 0.15) is 5.75 Å². The van der Waals surface area contributed by atoms with Gasteiger partial charge >= 0.3 is 0 Å². The predicted molar refractivity (Wildman–Crippen MR) is 119 cm³/mol. The van der Waals surface area contributed by atoms with Crippen molar-refractivity contribution in [1.82, 2.24) is 14.8 Å². The summed E-state index contributed by atoms with van der Waals surface area (Å²) < 4.78 is 6.95. The lowest BCUT2D eigenvalue weighted by molar-refractivity contribution is -0.122. The van der Waals surface area contributed by atoms with Crippen LogP contribution in [0, 0.1) is 0 Å². The number of hydrazone groups is 1. The van der Waals surface area contributed by atoms with Crippen LogP contribution in [-0.4, -0.2) is 38.8 Å². The van der Waals surface area contributed by atoms with Crippen LogP contribution >= 0.6 is 12.2 Å². The Morgan fingerprint density at radius 2 is 1.83 bits per heavy atom. The molecule has 0 saturated heterocycles. The third-order valence-corrected chi connectivity index (χ3v) is 4.70. The third-order valence-electron chi connectivity index (χ3n) is 4.53. The number of carbonyl (C=O) groups excluding carboxylic acids is 1. The fraction of sp³-hybridized carbons (Fsp3) is 0.0476. The Morgan fingerprint density at radius 3 is 2.43 bits per heavy atom. The zero-order valence-electron chi connectivity index (χ0n) is 16.0. The van der Waals surface area contributed by atoms with Gasteiger partial charge in [-0.15, -0.1) is 5.10 Å². The average Bonchev–Trinajstić information content (AvgIpc) is 3.31. The first kappa shape index (κ1) is 19.3. The first-order valence-corrected chi connectivity index (χ1v) is 9.38. The molecule has 1 amide bonds. The molecule has 0 aliphatic carbocycles. The molecule has 1 aliphatic heterocycles. The van der Waals surface area contributed by atoms with Crippen molar-refractivity contribution in [3.8, 4) is 22.7 Å². The minimum Gasteiger partial charge on any atom is -0.497 e. The molecule has 1 aromatic heterocycles. The standard InChI is InChI=1S/C21H18N6O2S/c1-29-16-9-7-13(8-10-16)18-12-15(26(24-18)14-5-3-2-4-6-14)11-17-19(22)25-27(20(17)28)21(23)30/h2-12H,1H3,(H2,22,25)(H2,23,30)/b17-11-. The Bertz CT molecular complexity index is 1180. The molecule has 0 saturated carbocycles. The van der Waals surface area contributed by atoms with Crippen molar-refractivity contribution in [2.24, 2.45) is 16.6 Å². The lowest BCUT2D eigenvalue weighted by Crippen LogP contribution is -2.33. The van der Waals surface area contributed by atoms with Crippen molar-refractivity contribution in [2.75, 3.05) is 7.11 Å². The summed E-state index contributed by atoms with van der Waals surface area (Å²) in [5.74, 6) is 0.313. The second kappa shape index (κ2) is 7.80. The Morgan fingerprint density at radius 1 is 1.13 bits per heavy atom. The maximum absolute atomic E-state index is 12.6. The van der Waals surface area contributed by atoms with Crippen LogP contribution in [0.4, 0.5) is 0 Å². The van der Waals surface area contributed by atoms with E-state index in [1.807, 2.05) is 60.7 Å². The van der Waals surface area contributed by atoms with E-state index < -0.39 is 5.91 Å². The summed E-state index contributed by atoms with van der Waals surface area (Å²) in [7, 11) is 1.62. The van der Waals surface area contributed by atoms with Crippen LogP contribution in [0.15, 0.2) is 71.3 Å². The van der Waals surface area contributed by atoms with E-state index in [1.54, 1.807) is 17.9 Å². The summed E-state index contributed by atoms with van der Waals surface area (Å²) in [4.78, 5) is 12.6. The molecule has 8 nitrogen and oxygen atoms in total. The quantitative estimate of drug-likeness (QED) is 0.497. The Kier molecular flexibility index (Phi) is 5.03. The average molecular weight is 418 g/mol. The van der Waals surface area contributed by atoms with E-state index >= 15 is 0 Å². The van der Waals surface area contributed by atoms with Crippen LogP contribution < -0.4 is 16.2 Å². The van der Waals surface area contributed by atoms with Gasteiger partial charge in [0.2, 0.25) is 0 Å². The van der Waals surface area contributed by atoms with Crippen LogP contribution in [0.25, 0.3) is 23.0 Å². The minimum atomic E-state index is -0.480. The summed E-state index contributed by atoms with van der Waals surface area (Å²) in [5.41, 5.74) is 14.8. The number of rotatable bonds is 4. The SMILES string of the molecule is COc1ccc(-c2cc(/C=C3\C(=O)N(C(N)=S)N=C3N)n(-c3ccccc3)n2)cc1. The van der Waals surface area contributed by atoms with Crippen molar-refractivity contribution in [3.63, 3.8) is 0 Å². The third kappa shape index (κ3) is 3.53. The van der Waals surface area contributed by atoms with Gasteiger partial charge in [-0.2, -0.15) is 10.1 Å². The van der Waals surface area contributed by atoms with Crippen molar-refractivity contribution < 1.29 is 9.53 Å². The fourth-order valence-corrected chi connectivity index (χ4v) is 3.16. The first-order valence-electron chi connectivity index (χ1n) is 8.98. The van der Waals surface area contributed by atoms with E-state index in [0.717, 1.165) is 27.7 Å². The molecule has 0 spiro atoms. The number of nitrogens with zero attached hydrogens (tertiary/aromatic N) is 4. The highest BCUT2D eigenvalue weighted by molar-refractivity contribution is 7.80. The van der Waals surface area contributed by atoms with Gasteiger partial charge in [0, 0.05) is 5.56 Å². The normalized spacial score (nSPS) is 14.8. The fourth-order valence-electron chi connectivity index (χ4n) is 3.04. The molecule has 0 bridgehead atoms. The number of methoxy groups -OCH3 is 1. The topological polar surface area (TPSA) is 112 Å². The lowest BCUT2D eigenvalue weighted by atomic mass is 10.1. The number of ether oxygens (including phenoxy) is 1. The summed E-state index contributed by atoms with van der Waals surface area (Å²) >= 11 is 4.86. The molecular weight excluding hydrogens is 400 g/mol. The van der Waals surface area contributed by atoms with Gasteiger partial charge in [0.05, 0.1) is 29.8 Å². The number of amides is 1. The lowest BCUT2D eigenvalue weighted by Gasteiger charge is -2.07. The summed E-state index contributed by atoms with van der Waals surface area (Å²) in [6, 6.07) is 19.0. The van der Waals surface area contributed by atoms with E-state index in [9.17, 15) is 4.79 Å². The van der Waals surface area contributed by atoms with Crippen LogP contribution in [0.3, 0.4) is 0 Å². The van der Waals surface area contributed by atoms with Gasteiger partial charge in [-0.1, -0.05) is 18.2 Å². The molecule has 0 fully saturated rings. The smallest absolute Gasteiger partial charge is 0.284 e. The molecule has 30 heavy (non-hydrogen) atoms. The maximum atomic E-state index is 12.6. The number of nitrogens with two attached hydrogens (primary N) is 2. The Hall–Kier alpha value is -3.98. The number of para-hydroxylation sites is 1. The number of carbonyl (C=O) groups is 1. The van der Waals surface area contributed by atoms with E-state index in [1.165, 1.54) is 0 Å². The van der Waals surface area contributed by atoms with Crippen molar-refractivity contribution in [3.05, 3.63) is 71.9 Å². The molecule has 4 rings (SSSR count). The van der Waals surface area contributed by atoms with Gasteiger partial charge in [-0.25, -0.2) is 4.68 Å². The van der Waals surface area contributed by atoms with Crippen LogP contribution in [0.1, 0.15) is 5.69 Å². The predicted octanol–water partition coefficient (Wildman–Crippen LogP) is 2.29. The molecule has 2 heterocycles. The summed E-state index contributed by atoms with van der Waals surface area (Å²) in [6.45, 7) is 0. The molecule has 0 radical (unpaired) electrons. The number of thiocarbonyl (C=S) groups is 1. The Balaban J connectivity index is 1.82.